The molecule has 190 valence electrons. The molecule has 0 unspecified atom stereocenters. The van der Waals surface area contributed by atoms with Crippen molar-refractivity contribution >= 4 is 40.2 Å². The van der Waals surface area contributed by atoms with Gasteiger partial charge in [-0.05, 0) is 55.0 Å². The maximum atomic E-state index is 13.8. The molecule has 2 aromatic carbocycles. The Morgan fingerprint density at radius 1 is 1.11 bits per heavy atom. The fourth-order valence-electron chi connectivity index (χ4n) is 5.30. The third kappa shape index (κ3) is 4.98. The first-order valence-corrected chi connectivity index (χ1v) is 12.8. The number of hydrogen-bond donors (Lipinski definition) is 3. The standard InChI is InChI=1S/C28H33ClN4O3/c1-4-33-22-8-6-5-7-20(22)21-16-28(14-13-23(21)33,27(36)31-25(17(2)3)26(30)35)32-24(34)15-18-9-11-19(29)12-10-18/h5-12,17,25H,4,13-16H2,1-3H3,(H2,30,35)(H,31,36)(H,32,34)/t25-,28+/m0/s1. The molecular weight excluding hydrogens is 476 g/mol. The molecule has 36 heavy (non-hydrogen) atoms. The average Bonchev–Trinajstić information content (AvgIpc) is 3.16. The van der Waals surface area contributed by atoms with Crippen LogP contribution in [0.15, 0.2) is 48.5 Å². The zero-order chi connectivity index (χ0) is 26.0. The van der Waals surface area contributed by atoms with Gasteiger partial charge in [-0.25, -0.2) is 0 Å². The number of nitrogens with one attached hydrogen (secondary N) is 2. The van der Waals surface area contributed by atoms with Gasteiger partial charge in [-0.3, -0.25) is 14.4 Å². The molecule has 0 radical (unpaired) electrons. The molecule has 3 aromatic rings. The lowest BCUT2D eigenvalue weighted by molar-refractivity contribution is -0.136. The lowest BCUT2D eigenvalue weighted by Crippen LogP contribution is -2.64. The van der Waals surface area contributed by atoms with Gasteiger partial charge in [0.15, 0.2) is 0 Å². The fraction of sp³-hybridized carbons (Fsp3) is 0.393. The second-order valence-electron chi connectivity index (χ2n) is 9.89. The molecule has 8 heteroatoms. The first-order valence-electron chi connectivity index (χ1n) is 12.4. The number of benzene rings is 2. The van der Waals surface area contributed by atoms with Crippen LogP contribution in [-0.4, -0.2) is 33.9 Å². The van der Waals surface area contributed by atoms with E-state index in [9.17, 15) is 14.4 Å². The third-order valence-corrected chi connectivity index (χ3v) is 7.38. The molecule has 0 bridgehead atoms. The van der Waals surface area contributed by atoms with Crippen LogP contribution in [0.1, 0.15) is 44.0 Å². The topological polar surface area (TPSA) is 106 Å². The number of aryl methyl sites for hydroxylation is 1. The molecule has 0 saturated heterocycles. The van der Waals surface area contributed by atoms with Crippen LogP contribution in [0.5, 0.6) is 0 Å². The summed E-state index contributed by atoms with van der Waals surface area (Å²) < 4.78 is 2.28. The van der Waals surface area contributed by atoms with E-state index in [-0.39, 0.29) is 24.2 Å². The van der Waals surface area contributed by atoms with Crippen LogP contribution in [0.4, 0.5) is 0 Å². The van der Waals surface area contributed by atoms with Crippen molar-refractivity contribution in [2.24, 2.45) is 11.7 Å². The molecule has 1 aromatic heterocycles. The number of nitrogens with two attached hydrogens (primary N) is 1. The van der Waals surface area contributed by atoms with Crippen LogP contribution in [0.2, 0.25) is 5.02 Å². The molecular formula is C28H33ClN4O3. The molecule has 3 amide bonds. The number of amides is 3. The van der Waals surface area contributed by atoms with E-state index in [0.29, 0.717) is 24.3 Å². The van der Waals surface area contributed by atoms with Crippen LogP contribution in [0.25, 0.3) is 10.9 Å². The molecule has 2 atom stereocenters. The number of halogens is 1. The summed E-state index contributed by atoms with van der Waals surface area (Å²) in [7, 11) is 0. The molecule has 1 aliphatic carbocycles. The summed E-state index contributed by atoms with van der Waals surface area (Å²) in [6.07, 6.45) is 1.48. The van der Waals surface area contributed by atoms with E-state index in [1.54, 1.807) is 24.3 Å². The van der Waals surface area contributed by atoms with Gasteiger partial charge in [0.2, 0.25) is 17.7 Å². The van der Waals surface area contributed by atoms with Gasteiger partial charge in [-0.1, -0.05) is 55.8 Å². The van der Waals surface area contributed by atoms with E-state index in [1.807, 2.05) is 26.0 Å². The number of fused-ring (bicyclic) bond motifs is 3. The lowest BCUT2D eigenvalue weighted by Gasteiger charge is -2.38. The number of carbonyl (C=O) groups is 3. The molecule has 1 aliphatic rings. The molecule has 4 rings (SSSR count). The summed E-state index contributed by atoms with van der Waals surface area (Å²) in [4.78, 5) is 39.2. The van der Waals surface area contributed by atoms with Gasteiger partial charge in [0.05, 0.1) is 6.42 Å². The number of aromatic nitrogens is 1. The Morgan fingerprint density at radius 3 is 2.44 bits per heavy atom. The second kappa shape index (κ2) is 10.3. The summed E-state index contributed by atoms with van der Waals surface area (Å²) in [6.45, 7) is 6.58. The first-order chi connectivity index (χ1) is 17.1. The van der Waals surface area contributed by atoms with E-state index in [2.05, 4.69) is 34.3 Å². The monoisotopic (exact) mass is 508 g/mol. The zero-order valence-corrected chi connectivity index (χ0v) is 21.7. The average molecular weight is 509 g/mol. The van der Waals surface area contributed by atoms with Crippen molar-refractivity contribution in [1.82, 2.24) is 15.2 Å². The number of para-hydroxylation sites is 1. The van der Waals surface area contributed by atoms with Crippen LogP contribution < -0.4 is 16.4 Å². The Kier molecular flexibility index (Phi) is 7.41. The van der Waals surface area contributed by atoms with Crippen molar-refractivity contribution in [3.8, 4) is 0 Å². The maximum absolute atomic E-state index is 13.8. The minimum absolute atomic E-state index is 0.110. The summed E-state index contributed by atoms with van der Waals surface area (Å²) in [5, 5.41) is 7.58. The van der Waals surface area contributed by atoms with Crippen molar-refractivity contribution in [3.05, 3.63) is 70.4 Å². The normalized spacial score (nSPS) is 18.0. The number of hydrogen-bond acceptors (Lipinski definition) is 3. The van der Waals surface area contributed by atoms with Crippen LogP contribution in [-0.2, 0) is 40.2 Å². The predicted octanol–water partition coefficient (Wildman–Crippen LogP) is 3.53. The number of carbonyl (C=O) groups excluding carboxylic acids is 3. The summed E-state index contributed by atoms with van der Waals surface area (Å²) >= 11 is 5.98. The van der Waals surface area contributed by atoms with Crippen molar-refractivity contribution in [2.45, 2.75) is 64.6 Å². The van der Waals surface area contributed by atoms with E-state index < -0.39 is 17.5 Å². The predicted molar refractivity (Wildman–Crippen MR) is 142 cm³/mol. The van der Waals surface area contributed by atoms with E-state index in [0.717, 1.165) is 28.6 Å². The zero-order valence-electron chi connectivity index (χ0n) is 20.9. The van der Waals surface area contributed by atoms with Gasteiger partial charge >= 0.3 is 0 Å². The Morgan fingerprint density at radius 2 is 1.81 bits per heavy atom. The Hall–Kier alpha value is -3.32. The highest BCUT2D eigenvalue weighted by Gasteiger charge is 2.45. The number of primary amides is 1. The highest BCUT2D eigenvalue weighted by molar-refractivity contribution is 6.30. The molecule has 7 nitrogen and oxygen atoms in total. The quantitative estimate of drug-likeness (QED) is 0.433. The van der Waals surface area contributed by atoms with Gasteiger partial charge in [0.25, 0.3) is 0 Å². The van der Waals surface area contributed by atoms with E-state index in [4.69, 9.17) is 17.3 Å². The SMILES string of the molecule is CCn1c2c(c3ccccc31)C[C@@](NC(=O)Cc1ccc(Cl)cc1)(C(=O)N[C@H](C(N)=O)C(C)C)CC2. The summed E-state index contributed by atoms with van der Waals surface area (Å²) in [5.74, 6) is -1.44. The van der Waals surface area contributed by atoms with Gasteiger partial charge < -0.3 is 20.9 Å². The molecule has 0 fully saturated rings. The maximum Gasteiger partial charge on any atom is 0.246 e. The third-order valence-electron chi connectivity index (χ3n) is 7.13. The highest BCUT2D eigenvalue weighted by atomic mass is 35.5. The van der Waals surface area contributed by atoms with E-state index in [1.165, 1.54) is 5.69 Å². The summed E-state index contributed by atoms with van der Waals surface area (Å²) in [6, 6.07) is 14.4. The smallest absolute Gasteiger partial charge is 0.246 e. The summed E-state index contributed by atoms with van der Waals surface area (Å²) in [5.41, 5.74) is 8.54. The van der Waals surface area contributed by atoms with Crippen molar-refractivity contribution in [1.29, 1.82) is 0 Å². The highest BCUT2D eigenvalue weighted by Crippen LogP contribution is 2.36. The lowest BCUT2D eigenvalue weighted by atomic mass is 9.78. The molecule has 0 spiro atoms. The van der Waals surface area contributed by atoms with Crippen molar-refractivity contribution in [2.75, 3.05) is 0 Å². The molecule has 0 aliphatic heterocycles. The number of nitrogens with zero attached hydrogens (tertiary/aromatic N) is 1. The van der Waals surface area contributed by atoms with E-state index >= 15 is 0 Å². The minimum Gasteiger partial charge on any atom is -0.368 e. The Balaban J connectivity index is 1.71. The van der Waals surface area contributed by atoms with Gasteiger partial charge in [-0.15, -0.1) is 0 Å². The molecule has 4 N–H and O–H groups in total. The fourth-order valence-corrected chi connectivity index (χ4v) is 5.42. The Labute approximate surface area is 216 Å². The van der Waals surface area contributed by atoms with Crippen LogP contribution >= 0.6 is 11.6 Å². The van der Waals surface area contributed by atoms with Crippen LogP contribution in [0.3, 0.4) is 0 Å². The minimum atomic E-state index is -1.21. The van der Waals surface area contributed by atoms with Crippen molar-refractivity contribution < 1.29 is 14.4 Å². The van der Waals surface area contributed by atoms with Gasteiger partial charge in [-0.2, -0.15) is 0 Å². The van der Waals surface area contributed by atoms with Gasteiger partial charge in [0.1, 0.15) is 11.6 Å². The molecule has 0 saturated carbocycles. The van der Waals surface area contributed by atoms with Crippen molar-refractivity contribution in [3.63, 3.8) is 0 Å². The van der Waals surface area contributed by atoms with Crippen LogP contribution in [0, 0.1) is 5.92 Å². The second-order valence-corrected chi connectivity index (χ2v) is 10.3. The molecule has 1 heterocycles. The largest absolute Gasteiger partial charge is 0.368 e. The first kappa shape index (κ1) is 25.8. The number of rotatable bonds is 8. The van der Waals surface area contributed by atoms with Gasteiger partial charge in [0, 0.05) is 34.6 Å². The Bertz CT molecular complexity index is 1300.